The second-order valence-electron chi connectivity index (χ2n) is 11.8. The van der Waals surface area contributed by atoms with Gasteiger partial charge < -0.3 is 9.64 Å². The Bertz CT molecular complexity index is 2190. The van der Waals surface area contributed by atoms with E-state index in [9.17, 15) is 0 Å². The van der Waals surface area contributed by atoms with Gasteiger partial charge in [0.2, 0.25) is 0 Å². The number of anilines is 2. The van der Waals surface area contributed by atoms with Crippen molar-refractivity contribution in [3.8, 4) is 33.8 Å². The zero-order valence-electron chi connectivity index (χ0n) is 24.4. The van der Waals surface area contributed by atoms with Crippen LogP contribution in [0.3, 0.4) is 0 Å². The van der Waals surface area contributed by atoms with E-state index >= 15 is 0 Å². The van der Waals surface area contributed by atoms with Crippen molar-refractivity contribution in [2.24, 2.45) is 0 Å². The van der Waals surface area contributed by atoms with Crippen LogP contribution in [-0.2, 0) is 5.41 Å². The van der Waals surface area contributed by atoms with Crippen LogP contribution in [0.2, 0.25) is 0 Å². The third-order valence-corrected chi connectivity index (χ3v) is 9.53. The van der Waals surface area contributed by atoms with Crippen LogP contribution in [0.15, 0.2) is 158 Å². The van der Waals surface area contributed by atoms with Crippen molar-refractivity contribution in [1.29, 1.82) is 0 Å². The molecular formula is C42H29NO. The lowest BCUT2D eigenvalue weighted by atomic mass is 9.66. The van der Waals surface area contributed by atoms with Gasteiger partial charge in [-0.25, -0.2) is 0 Å². The van der Waals surface area contributed by atoms with E-state index in [0.717, 1.165) is 17.2 Å². The Morgan fingerprint density at radius 2 is 1.05 bits per heavy atom. The molecule has 1 aliphatic heterocycles. The van der Waals surface area contributed by atoms with E-state index in [2.05, 4.69) is 170 Å². The molecule has 0 atom stereocenters. The molecule has 1 spiro atoms. The van der Waals surface area contributed by atoms with Gasteiger partial charge in [-0.1, -0.05) is 115 Å². The predicted molar refractivity (Wildman–Crippen MR) is 181 cm³/mol. The molecule has 7 aromatic rings. The van der Waals surface area contributed by atoms with Crippen LogP contribution < -0.4 is 9.64 Å². The van der Waals surface area contributed by atoms with Crippen LogP contribution in [0.25, 0.3) is 33.0 Å². The molecule has 0 aromatic heterocycles. The first kappa shape index (κ1) is 24.9. The van der Waals surface area contributed by atoms with E-state index in [1.54, 1.807) is 0 Å². The molecule has 0 fully saturated rings. The molecule has 2 aliphatic rings. The Morgan fingerprint density at radius 3 is 1.80 bits per heavy atom. The van der Waals surface area contributed by atoms with Crippen LogP contribution >= 0.6 is 0 Å². The summed E-state index contributed by atoms with van der Waals surface area (Å²) in [5, 5.41) is 2.50. The molecular weight excluding hydrogens is 534 g/mol. The number of benzene rings is 7. The van der Waals surface area contributed by atoms with Gasteiger partial charge in [0.15, 0.2) is 0 Å². The number of hydrogen-bond acceptors (Lipinski definition) is 2. The molecule has 9 rings (SSSR count). The van der Waals surface area contributed by atoms with E-state index < -0.39 is 5.41 Å². The summed E-state index contributed by atoms with van der Waals surface area (Å²) in [4.78, 5) is 2.33. The van der Waals surface area contributed by atoms with Gasteiger partial charge in [0.05, 0.1) is 5.41 Å². The maximum Gasteiger partial charge on any atom is 0.132 e. The Hall–Kier alpha value is -5.60. The highest BCUT2D eigenvalue weighted by atomic mass is 16.5. The summed E-state index contributed by atoms with van der Waals surface area (Å²) < 4.78 is 6.58. The third-order valence-electron chi connectivity index (χ3n) is 9.53. The molecule has 2 heteroatoms. The Labute approximate surface area is 257 Å². The SMILES string of the molecule is CN(c1ccc2c(c1)C1(c3ccccc3Oc3ccccc31)c1cc3ccccc3cc1-2)c1ccccc1-c1ccccc1. The fourth-order valence-electron chi connectivity index (χ4n) is 7.55. The minimum atomic E-state index is -0.518. The second-order valence-corrected chi connectivity index (χ2v) is 11.8. The Morgan fingerprint density at radius 1 is 0.455 bits per heavy atom. The smallest absolute Gasteiger partial charge is 0.132 e. The normalized spacial score (nSPS) is 13.5. The zero-order chi connectivity index (χ0) is 29.3. The van der Waals surface area contributed by atoms with Gasteiger partial charge in [0.25, 0.3) is 0 Å². The van der Waals surface area contributed by atoms with Crippen molar-refractivity contribution >= 4 is 22.1 Å². The largest absolute Gasteiger partial charge is 0.457 e. The lowest BCUT2D eigenvalue weighted by molar-refractivity contribution is 0.436. The molecule has 7 aromatic carbocycles. The monoisotopic (exact) mass is 563 g/mol. The van der Waals surface area contributed by atoms with Crippen LogP contribution in [-0.4, -0.2) is 7.05 Å². The molecule has 1 aliphatic carbocycles. The standard InChI is InChI=1S/C42H29NO/c1-43(39-20-10-7-17-32(39)28-13-3-2-4-14-28)31-23-24-33-34-25-29-15-5-6-16-30(29)26-37(34)42(38(33)27-31)35-18-8-11-21-40(35)44-41-22-12-9-19-36(41)42/h2-27H,1H3. The molecule has 0 saturated heterocycles. The van der Waals surface area contributed by atoms with Crippen molar-refractivity contribution in [2.45, 2.75) is 5.41 Å². The molecule has 0 unspecified atom stereocenters. The van der Waals surface area contributed by atoms with Crippen molar-refractivity contribution in [1.82, 2.24) is 0 Å². The first-order valence-electron chi connectivity index (χ1n) is 15.2. The number of fused-ring (bicyclic) bond motifs is 10. The average Bonchev–Trinajstić information content (AvgIpc) is 3.36. The van der Waals surface area contributed by atoms with E-state index in [0.29, 0.717) is 0 Å². The first-order valence-corrected chi connectivity index (χ1v) is 15.2. The molecule has 0 bridgehead atoms. The van der Waals surface area contributed by atoms with Crippen LogP contribution in [0.4, 0.5) is 11.4 Å². The van der Waals surface area contributed by atoms with Gasteiger partial charge in [-0.2, -0.15) is 0 Å². The molecule has 2 nitrogen and oxygen atoms in total. The Kier molecular flexibility index (Phi) is 5.36. The quantitative estimate of drug-likeness (QED) is 0.212. The van der Waals surface area contributed by atoms with Gasteiger partial charge >= 0.3 is 0 Å². The fourth-order valence-corrected chi connectivity index (χ4v) is 7.55. The lowest BCUT2D eigenvalue weighted by Gasteiger charge is -2.39. The molecule has 208 valence electrons. The summed E-state index contributed by atoms with van der Waals surface area (Å²) in [6, 6.07) is 57.0. The number of hydrogen-bond donors (Lipinski definition) is 0. The van der Waals surface area contributed by atoms with E-state index in [4.69, 9.17) is 4.74 Å². The first-order chi connectivity index (χ1) is 21.7. The zero-order valence-corrected chi connectivity index (χ0v) is 24.4. The van der Waals surface area contributed by atoms with Crippen LogP contribution in [0.1, 0.15) is 22.3 Å². The number of ether oxygens (including phenoxy) is 1. The topological polar surface area (TPSA) is 12.5 Å². The van der Waals surface area contributed by atoms with Crippen molar-refractivity contribution in [3.63, 3.8) is 0 Å². The van der Waals surface area contributed by atoms with Gasteiger partial charge in [-0.05, 0) is 81.1 Å². The van der Waals surface area contributed by atoms with Crippen molar-refractivity contribution < 1.29 is 4.74 Å². The molecule has 0 radical (unpaired) electrons. The highest BCUT2D eigenvalue weighted by Crippen LogP contribution is 2.63. The van der Waals surface area contributed by atoms with Gasteiger partial charge in [0.1, 0.15) is 11.5 Å². The third kappa shape index (κ3) is 3.43. The van der Waals surface area contributed by atoms with E-state index in [1.165, 1.54) is 61.0 Å². The van der Waals surface area contributed by atoms with Crippen molar-refractivity contribution in [2.75, 3.05) is 11.9 Å². The fraction of sp³-hybridized carbons (Fsp3) is 0.0476. The Balaban J connectivity index is 1.34. The molecule has 0 amide bonds. The van der Waals surface area contributed by atoms with Gasteiger partial charge in [-0.15, -0.1) is 0 Å². The maximum absolute atomic E-state index is 6.58. The predicted octanol–water partition coefficient (Wildman–Crippen LogP) is 10.7. The van der Waals surface area contributed by atoms with Crippen LogP contribution in [0.5, 0.6) is 11.5 Å². The summed E-state index contributed by atoms with van der Waals surface area (Å²) in [5.41, 5.74) is 11.7. The summed E-state index contributed by atoms with van der Waals surface area (Å²) in [6.07, 6.45) is 0. The number of nitrogens with zero attached hydrogens (tertiary/aromatic N) is 1. The summed E-state index contributed by atoms with van der Waals surface area (Å²) in [6.45, 7) is 0. The summed E-state index contributed by atoms with van der Waals surface area (Å²) in [5.74, 6) is 1.82. The highest BCUT2D eigenvalue weighted by molar-refractivity contribution is 5.97. The maximum atomic E-state index is 6.58. The highest BCUT2D eigenvalue weighted by Gasteiger charge is 2.51. The van der Waals surface area contributed by atoms with Crippen molar-refractivity contribution in [3.05, 3.63) is 180 Å². The molecule has 0 N–H and O–H groups in total. The average molecular weight is 564 g/mol. The van der Waals surface area contributed by atoms with E-state index in [1.807, 2.05) is 0 Å². The summed E-state index contributed by atoms with van der Waals surface area (Å²) in [7, 11) is 2.18. The molecule has 1 heterocycles. The second kappa shape index (κ2) is 9.45. The minimum Gasteiger partial charge on any atom is -0.457 e. The van der Waals surface area contributed by atoms with Gasteiger partial charge in [-0.3, -0.25) is 0 Å². The number of para-hydroxylation sites is 3. The number of rotatable bonds is 3. The molecule has 44 heavy (non-hydrogen) atoms. The molecule has 0 saturated carbocycles. The van der Waals surface area contributed by atoms with Crippen LogP contribution in [0, 0.1) is 0 Å². The summed E-state index contributed by atoms with van der Waals surface area (Å²) >= 11 is 0. The minimum absolute atomic E-state index is 0.518. The van der Waals surface area contributed by atoms with Gasteiger partial charge in [0, 0.05) is 35.1 Å². The van der Waals surface area contributed by atoms with E-state index in [-0.39, 0.29) is 0 Å². The lowest BCUT2D eigenvalue weighted by Crippen LogP contribution is -2.32.